The lowest BCUT2D eigenvalue weighted by Crippen LogP contribution is -2.51. The summed E-state index contributed by atoms with van der Waals surface area (Å²) in [7, 11) is 3.08. The second-order valence-electron chi connectivity index (χ2n) is 8.96. The summed E-state index contributed by atoms with van der Waals surface area (Å²) in [6.45, 7) is 0.440. The Hall–Kier alpha value is -3.99. The van der Waals surface area contributed by atoms with Crippen molar-refractivity contribution in [3.8, 4) is 0 Å². The van der Waals surface area contributed by atoms with Crippen molar-refractivity contribution in [2.45, 2.75) is 43.9 Å². The van der Waals surface area contributed by atoms with E-state index in [4.69, 9.17) is 5.73 Å². The summed E-state index contributed by atoms with van der Waals surface area (Å²) in [6, 6.07) is 13.5. The zero-order valence-electron chi connectivity index (χ0n) is 20.4. The molecule has 0 bridgehead atoms. The maximum atomic E-state index is 13.3. The lowest BCUT2D eigenvalue weighted by molar-refractivity contribution is -0.139. The van der Waals surface area contributed by atoms with Gasteiger partial charge in [0.15, 0.2) is 0 Å². The molecule has 1 saturated heterocycles. The molecule has 1 aliphatic rings. The van der Waals surface area contributed by atoms with Gasteiger partial charge in [-0.05, 0) is 42.5 Å². The first-order chi connectivity index (χ1) is 17.4. The van der Waals surface area contributed by atoms with Gasteiger partial charge in [-0.3, -0.25) is 9.59 Å². The molecule has 0 aliphatic carbocycles. The molecule has 1 aromatic heterocycles. The molecule has 1 fully saturated rings. The van der Waals surface area contributed by atoms with E-state index in [1.165, 1.54) is 12.0 Å². The summed E-state index contributed by atoms with van der Waals surface area (Å²) in [5.74, 6) is -0.631. The van der Waals surface area contributed by atoms with Gasteiger partial charge in [0.25, 0.3) is 0 Å². The highest BCUT2D eigenvalue weighted by Gasteiger charge is 2.41. The fourth-order valence-electron chi connectivity index (χ4n) is 4.46. The second kappa shape index (κ2) is 11.2. The summed E-state index contributed by atoms with van der Waals surface area (Å²) >= 11 is 0. The fraction of sp³-hybridized carbons (Fsp3) is 0.400. The van der Waals surface area contributed by atoms with Gasteiger partial charge in [-0.2, -0.15) is 0 Å². The third-order valence-electron chi connectivity index (χ3n) is 6.44. The lowest BCUT2D eigenvalue weighted by atomic mass is 10.0. The molecular formula is C25H31N7O4. The Morgan fingerprint density at radius 1 is 1.17 bits per heavy atom. The van der Waals surface area contributed by atoms with Crippen LogP contribution in [0.15, 0.2) is 48.5 Å². The minimum absolute atomic E-state index is 0.177. The molecule has 2 heterocycles. The first-order valence-electron chi connectivity index (χ1n) is 11.9. The number of nitrogens with zero attached hydrogens (tertiary/aromatic N) is 4. The molecule has 0 spiro atoms. The van der Waals surface area contributed by atoms with Gasteiger partial charge in [-0.1, -0.05) is 41.6 Å². The highest BCUT2D eigenvalue weighted by molar-refractivity contribution is 5.90. The zero-order valence-corrected chi connectivity index (χ0v) is 20.4. The Balaban J connectivity index is 1.42. The van der Waals surface area contributed by atoms with E-state index in [9.17, 15) is 14.4 Å². The maximum absolute atomic E-state index is 13.3. The number of alkyl carbamates (subject to hydrolysis) is 1. The van der Waals surface area contributed by atoms with E-state index >= 15 is 0 Å². The Bertz CT molecular complexity index is 1230. The van der Waals surface area contributed by atoms with Crippen LogP contribution in [0.5, 0.6) is 0 Å². The average Bonchev–Trinajstić information content (AvgIpc) is 3.49. The van der Waals surface area contributed by atoms with Crippen LogP contribution in [-0.2, 0) is 34.3 Å². The summed E-state index contributed by atoms with van der Waals surface area (Å²) < 4.78 is 6.37. The van der Waals surface area contributed by atoms with Gasteiger partial charge in [0, 0.05) is 20.1 Å². The van der Waals surface area contributed by atoms with E-state index in [2.05, 4.69) is 25.7 Å². The number of benzene rings is 2. The first kappa shape index (κ1) is 25.1. The number of nitrogens with two attached hydrogens (primary N) is 1. The van der Waals surface area contributed by atoms with Crippen LogP contribution in [0.25, 0.3) is 11.0 Å². The van der Waals surface area contributed by atoms with E-state index in [0.29, 0.717) is 12.8 Å². The molecule has 3 atom stereocenters. The molecule has 0 radical (unpaired) electrons. The summed E-state index contributed by atoms with van der Waals surface area (Å²) in [5.41, 5.74) is 9.81. The predicted molar refractivity (Wildman–Crippen MR) is 133 cm³/mol. The van der Waals surface area contributed by atoms with E-state index in [-0.39, 0.29) is 31.3 Å². The number of methoxy groups -OCH3 is 1. The van der Waals surface area contributed by atoms with Gasteiger partial charge in [-0.15, -0.1) is 5.10 Å². The number of hydrogen-bond donors (Lipinski definition) is 3. The first-order valence-corrected chi connectivity index (χ1v) is 11.9. The van der Waals surface area contributed by atoms with Gasteiger partial charge in [-0.25, -0.2) is 9.48 Å². The maximum Gasteiger partial charge on any atom is 0.407 e. The van der Waals surface area contributed by atoms with Crippen LogP contribution in [0.2, 0.25) is 0 Å². The van der Waals surface area contributed by atoms with Crippen LogP contribution in [0.1, 0.15) is 24.0 Å². The summed E-state index contributed by atoms with van der Waals surface area (Å²) in [6.07, 6.45) is 0.745. The fourth-order valence-corrected chi connectivity index (χ4v) is 4.46. The van der Waals surface area contributed by atoms with Crippen LogP contribution >= 0.6 is 0 Å². The van der Waals surface area contributed by atoms with Crippen molar-refractivity contribution < 1.29 is 19.1 Å². The second-order valence-corrected chi connectivity index (χ2v) is 8.96. The molecule has 0 unspecified atom stereocenters. The van der Waals surface area contributed by atoms with Crippen LogP contribution in [0, 0.1) is 0 Å². The van der Waals surface area contributed by atoms with Crippen molar-refractivity contribution in [2.24, 2.45) is 12.8 Å². The number of ether oxygens (including phenoxy) is 1. The number of rotatable bonds is 8. The zero-order chi connectivity index (χ0) is 25.7. The Morgan fingerprint density at radius 2 is 1.94 bits per heavy atom. The Kier molecular flexibility index (Phi) is 7.79. The minimum atomic E-state index is -0.767. The predicted octanol–water partition coefficient (Wildman–Crippen LogP) is 0.870. The van der Waals surface area contributed by atoms with Crippen LogP contribution in [0.3, 0.4) is 0 Å². The molecular weight excluding hydrogens is 462 g/mol. The summed E-state index contributed by atoms with van der Waals surface area (Å²) in [5, 5.41) is 13.7. The standard InChI is InChI=1S/C25H31N7O4/c1-31-21-11-9-17(12-20(21)29-30-31)14-27-23(33)22-13-18(28-25(35)36-2)15-32(22)24(34)19(26)10-8-16-6-4-3-5-7-16/h3-7,9,11-12,18-19,22H,8,10,13-15,26H2,1-2H3,(H,27,33)(H,28,35)/t18-,19+,22-/m0/s1. The van der Waals surface area contributed by atoms with Crippen molar-refractivity contribution in [1.29, 1.82) is 0 Å². The minimum Gasteiger partial charge on any atom is -0.453 e. The summed E-state index contributed by atoms with van der Waals surface area (Å²) in [4.78, 5) is 39.7. The van der Waals surface area contributed by atoms with Crippen molar-refractivity contribution in [1.82, 2.24) is 30.5 Å². The van der Waals surface area contributed by atoms with Gasteiger partial charge < -0.3 is 26.0 Å². The largest absolute Gasteiger partial charge is 0.453 e. The van der Waals surface area contributed by atoms with E-state index in [0.717, 1.165) is 22.2 Å². The molecule has 36 heavy (non-hydrogen) atoms. The number of carbonyl (C=O) groups excluding carboxylic acids is 3. The average molecular weight is 494 g/mol. The smallest absolute Gasteiger partial charge is 0.407 e. The molecule has 3 aromatic rings. The van der Waals surface area contributed by atoms with Gasteiger partial charge in [0.05, 0.1) is 24.7 Å². The Labute approximate surface area is 209 Å². The van der Waals surface area contributed by atoms with Crippen molar-refractivity contribution in [3.05, 3.63) is 59.7 Å². The number of hydrogen-bond acceptors (Lipinski definition) is 7. The molecule has 190 valence electrons. The number of fused-ring (bicyclic) bond motifs is 1. The number of aromatic nitrogens is 3. The van der Waals surface area contributed by atoms with Gasteiger partial charge in [0.1, 0.15) is 11.6 Å². The molecule has 11 nitrogen and oxygen atoms in total. The normalized spacial score (nSPS) is 18.1. The van der Waals surface area contributed by atoms with Crippen molar-refractivity contribution in [3.63, 3.8) is 0 Å². The molecule has 0 saturated carbocycles. The topological polar surface area (TPSA) is 144 Å². The van der Waals surface area contributed by atoms with Crippen LogP contribution in [-0.4, -0.2) is 69.6 Å². The number of aryl methyl sites for hydroxylation is 2. The molecule has 2 aromatic carbocycles. The number of carbonyl (C=O) groups is 3. The number of amides is 3. The highest BCUT2D eigenvalue weighted by Crippen LogP contribution is 2.21. The molecule has 11 heteroatoms. The molecule has 4 rings (SSSR count). The third kappa shape index (κ3) is 5.80. The van der Waals surface area contributed by atoms with Crippen molar-refractivity contribution >= 4 is 28.9 Å². The van der Waals surface area contributed by atoms with Gasteiger partial charge >= 0.3 is 6.09 Å². The van der Waals surface area contributed by atoms with Gasteiger partial charge in [0.2, 0.25) is 11.8 Å². The highest BCUT2D eigenvalue weighted by atomic mass is 16.5. The van der Waals surface area contributed by atoms with E-state index < -0.39 is 24.2 Å². The van der Waals surface area contributed by atoms with Crippen LogP contribution in [0.4, 0.5) is 4.79 Å². The Morgan fingerprint density at radius 3 is 2.69 bits per heavy atom. The molecule has 3 amide bonds. The number of nitrogens with one attached hydrogen (secondary N) is 2. The SMILES string of the molecule is COC(=O)N[C@H]1C[C@@H](C(=O)NCc2ccc3c(c2)nnn3C)N(C(=O)[C@H](N)CCc2ccccc2)C1. The van der Waals surface area contributed by atoms with Crippen molar-refractivity contribution in [2.75, 3.05) is 13.7 Å². The quantitative estimate of drug-likeness (QED) is 0.422. The van der Waals surface area contributed by atoms with E-state index in [1.54, 1.807) is 4.68 Å². The third-order valence-corrected chi connectivity index (χ3v) is 6.44. The number of likely N-dealkylation sites (tertiary alicyclic amines) is 1. The monoisotopic (exact) mass is 493 g/mol. The lowest BCUT2D eigenvalue weighted by Gasteiger charge is -2.26. The van der Waals surface area contributed by atoms with E-state index in [1.807, 2.05) is 55.6 Å². The van der Waals surface area contributed by atoms with Crippen LogP contribution < -0.4 is 16.4 Å². The molecule has 4 N–H and O–H groups in total. The molecule has 1 aliphatic heterocycles.